The summed E-state index contributed by atoms with van der Waals surface area (Å²) in [5, 5.41) is 7.30. The third-order valence-corrected chi connectivity index (χ3v) is 6.82. The SMILES string of the molecule is O=C(OCC1C2CC3OS(=O)(=O)C1C3C2)C(F)(F)SOO[O-]. The Bertz CT molecular complexity index is 565. The van der Waals surface area contributed by atoms with E-state index < -0.39 is 51.2 Å². The maximum atomic E-state index is 13.2. The number of rotatable bonds is 6. The summed E-state index contributed by atoms with van der Waals surface area (Å²) in [5.41, 5.74) is 0. The molecule has 126 valence electrons. The lowest BCUT2D eigenvalue weighted by Crippen LogP contribution is -2.37. The highest BCUT2D eigenvalue weighted by atomic mass is 32.2. The maximum absolute atomic E-state index is 13.2. The van der Waals surface area contributed by atoms with Crippen molar-refractivity contribution < 1.29 is 45.5 Å². The van der Waals surface area contributed by atoms with E-state index in [0.717, 1.165) is 0 Å². The summed E-state index contributed by atoms with van der Waals surface area (Å²) in [4.78, 5) is 11.3. The zero-order valence-electron chi connectivity index (χ0n) is 10.8. The van der Waals surface area contributed by atoms with Crippen molar-refractivity contribution in [3.05, 3.63) is 0 Å². The van der Waals surface area contributed by atoms with Gasteiger partial charge in [0.15, 0.2) is 0 Å². The van der Waals surface area contributed by atoms with Gasteiger partial charge >= 0.3 is 11.2 Å². The molecule has 3 fully saturated rings. The fraction of sp³-hybridized carbons (Fsp3) is 0.900. The molecule has 0 aromatic heterocycles. The van der Waals surface area contributed by atoms with Gasteiger partial charge in [0.1, 0.15) is 12.0 Å². The first kappa shape index (κ1) is 16.3. The molecular weight excluding hydrogens is 350 g/mol. The highest BCUT2D eigenvalue weighted by Crippen LogP contribution is 2.57. The Hall–Kier alpha value is -0.530. The predicted molar refractivity (Wildman–Crippen MR) is 63.0 cm³/mol. The minimum absolute atomic E-state index is 0.0347. The van der Waals surface area contributed by atoms with Crippen molar-refractivity contribution in [2.24, 2.45) is 17.8 Å². The Morgan fingerprint density at radius 2 is 2.14 bits per heavy atom. The zero-order valence-corrected chi connectivity index (χ0v) is 12.5. The van der Waals surface area contributed by atoms with E-state index >= 15 is 0 Å². The Balaban J connectivity index is 1.62. The highest BCUT2D eigenvalue weighted by Gasteiger charge is 2.64. The van der Waals surface area contributed by atoms with Crippen LogP contribution in [0.1, 0.15) is 12.8 Å². The van der Waals surface area contributed by atoms with Crippen LogP contribution in [0.3, 0.4) is 0 Å². The summed E-state index contributed by atoms with van der Waals surface area (Å²) < 4.78 is 63.1. The summed E-state index contributed by atoms with van der Waals surface area (Å²) in [6.45, 7) is -0.450. The van der Waals surface area contributed by atoms with E-state index in [4.69, 9.17) is 4.18 Å². The van der Waals surface area contributed by atoms with E-state index in [1.165, 1.54) is 0 Å². The Morgan fingerprint density at radius 1 is 1.41 bits per heavy atom. The minimum Gasteiger partial charge on any atom is -0.691 e. The number of alkyl halides is 2. The van der Waals surface area contributed by atoms with Crippen LogP contribution in [0, 0.1) is 17.8 Å². The molecular formula is C10H11F2O8S2-. The van der Waals surface area contributed by atoms with Crippen molar-refractivity contribution in [1.82, 2.24) is 0 Å². The quantitative estimate of drug-likeness (QED) is 0.208. The lowest BCUT2D eigenvalue weighted by molar-refractivity contribution is -0.777. The van der Waals surface area contributed by atoms with E-state index in [-0.39, 0.29) is 17.9 Å². The van der Waals surface area contributed by atoms with Crippen molar-refractivity contribution in [1.29, 1.82) is 0 Å². The number of esters is 1. The van der Waals surface area contributed by atoms with Crippen LogP contribution < -0.4 is 5.26 Å². The van der Waals surface area contributed by atoms with Crippen LogP contribution in [-0.2, 0) is 33.2 Å². The second-order valence-corrected chi connectivity index (χ2v) is 8.02. The number of hydrogen-bond acceptors (Lipinski definition) is 9. The van der Waals surface area contributed by atoms with Gasteiger partial charge in [0.25, 0.3) is 10.1 Å². The number of halogens is 2. The second-order valence-electron chi connectivity index (χ2n) is 5.49. The van der Waals surface area contributed by atoms with Crippen LogP contribution in [0.4, 0.5) is 8.78 Å². The molecule has 1 heterocycles. The number of ether oxygens (including phenoxy) is 1. The average Bonchev–Trinajstić information content (AvgIpc) is 3.03. The third kappa shape index (κ3) is 2.61. The minimum atomic E-state index is -4.13. The van der Waals surface area contributed by atoms with Gasteiger partial charge in [0.05, 0.1) is 18.0 Å². The molecule has 0 spiro atoms. The molecule has 5 atom stereocenters. The number of fused-ring (bicyclic) bond motifs is 1. The van der Waals surface area contributed by atoms with Crippen molar-refractivity contribution >= 4 is 28.1 Å². The summed E-state index contributed by atoms with van der Waals surface area (Å²) in [6.07, 6.45) is 0.794. The smallest absolute Gasteiger partial charge is 0.415 e. The van der Waals surface area contributed by atoms with Gasteiger partial charge < -0.3 is 9.99 Å². The van der Waals surface area contributed by atoms with Crippen LogP contribution >= 0.6 is 12.0 Å². The monoisotopic (exact) mass is 361 g/mol. The fourth-order valence-electron chi connectivity index (χ4n) is 3.70. The van der Waals surface area contributed by atoms with Gasteiger partial charge in [-0.05, 0) is 18.8 Å². The van der Waals surface area contributed by atoms with Gasteiger partial charge in [-0.3, -0.25) is 9.22 Å². The number of carbonyl (C=O) groups is 1. The Labute approximate surface area is 128 Å². The van der Waals surface area contributed by atoms with Crippen LogP contribution in [0.2, 0.25) is 0 Å². The molecule has 3 rings (SSSR count). The summed E-state index contributed by atoms with van der Waals surface area (Å²) in [5.74, 6) is -2.68. The van der Waals surface area contributed by atoms with Gasteiger partial charge in [-0.15, -0.1) is 0 Å². The van der Waals surface area contributed by atoms with Crippen LogP contribution in [0.25, 0.3) is 0 Å². The maximum Gasteiger partial charge on any atom is 0.415 e. The first-order valence-corrected chi connectivity index (χ1v) is 8.59. The molecule has 1 saturated heterocycles. The molecule has 5 unspecified atom stereocenters. The molecule has 0 N–H and O–H groups in total. The van der Waals surface area contributed by atoms with E-state index in [1.807, 2.05) is 0 Å². The third-order valence-electron chi connectivity index (χ3n) is 4.44. The lowest BCUT2D eigenvalue weighted by Gasteiger charge is -2.25. The first-order chi connectivity index (χ1) is 10.3. The van der Waals surface area contributed by atoms with Crippen LogP contribution in [0.5, 0.6) is 0 Å². The summed E-state index contributed by atoms with van der Waals surface area (Å²) in [7, 11) is -3.75. The van der Waals surface area contributed by atoms with Crippen molar-refractivity contribution in [2.45, 2.75) is 29.5 Å². The normalized spacial score (nSPS) is 38.4. The zero-order chi connectivity index (χ0) is 16.1. The van der Waals surface area contributed by atoms with Gasteiger partial charge in [-0.25, -0.2) is 4.79 Å². The van der Waals surface area contributed by atoms with E-state index in [0.29, 0.717) is 12.8 Å². The van der Waals surface area contributed by atoms with Gasteiger partial charge in [-0.2, -0.15) is 21.5 Å². The topological polar surface area (TPSA) is 111 Å². The Kier molecular flexibility index (Phi) is 4.10. The summed E-state index contributed by atoms with van der Waals surface area (Å²) in [6, 6.07) is 0. The van der Waals surface area contributed by atoms with Crippen molar-refractivity contribution in [3.63, 3.8) is 0 Å². The molecule has 2 saturated carbocycles. The average molecular weight is 361 g/mol. The molecule has 0 aromatic rings. The molecule has 2 aliphatic carbocycles. The van der Waals surface area contributed by atoms with Crippen LogP contribution in [0.15, 0.2) is 0 Å². The van der Waals surface area contributed by atoms with Gasteiger partial charge in [0, 0.05) is 11.8 Å². The predicted octanol–water partition coefficient (Wildman–Crippen LogP) is -0.253. The number of hydrogen-bond donors (Lipinski definition) is 0. The molecule has 0 radical (unpaired) electrons. The summed E-state index contributed by atoms with van der Waals surface area (Å²) >= 11 is -0.786. The van der Waals surface area contributed by atoms with E-state index in [2.05, 4.69) is 14.1 Å². The largest absolute Gasteiger partial charge is 0.691 e. The lowest BCUT2D eigenvalue weighted by atomic mass is 9.87. The first-order valence-electron chi connectivity index (χ1n) is 6.37. The molecule has 22 heavy (non-hydrogen) atoms. The fourth-order valence-corrected chi connectivity index (χ4v) is 6.08. The number of carbonyl (C=O) groups excluding carboxylic acids is 1. The molecule has 3 aliphatic rings. The highest BCUT2D eigenvalue weighted by molar-refractivity contribution is 7.96. The van der Waals surface area contributed by atoms with Crippen molar-refractivity contribution in [3.8, 4) is 0 Å². The standard InChI is InChI=1S/C10H12F2O8S2/c11-10(12,21-20-19-14)9(13)17-3-6-4-1-5-7(2-4)18-22(15,16)8(5)6/h4-8,14H,1-3H2/p-1. The van der Waals surface area contributed by atoms with E-state index in [1.54, 1.807) is 0 Å². The van der Waals surface area contributed by atoms with Crippen LogP contribution in [-0.4, -0.2) is 37.6 Å². The van der Waals surface area contributed by atoms with Gasteiger partial charge in [-0.1, -0.05) is 0 Å². The Morgan fingerprint density at radius 3 is 2.82 bits per heavy atom. The molecule has 0 aromatic carbocycles. The van der Waals surface area contributed by atoms with Gasteiger partial charge in [0.2, 0.25) is 0 Å². The van der Waals surface area contributed by atoms with Crippen molar-refractivity contribution in [2.75, 3.05) is 6.61 Å². The second kappa shape index (κ2) is 5.53. The molecule has 1 aliphatic heterocycles. The molecule has 0 amide bonds. The molecule has 12 heteroatoms. The molecule has 2 bridgehead atoms. The molecule has 8 nitrogen and oxygen atoms in total. The van der Waals surface area contributed by atoms with E-state index in [9.17, 15) is 27.3 Å².